The number of amides is 2. The minimum absolute atomic E-state index is 0.157. The molecule has 0 aliphatic carbocycles. The summed E-state index contributed by atoms with van der Waals surface area (Å²) in [5.41, 5.74) is 5.37. The van der Waals surface area contributed by atoms with Crippen molar-refractivity contribution in [2.75, 3.05) is 43.5 Å². The van der Waals surface area contributed by atoms with Crippen LogP contribution in [0.4, 0.5) is 16.2 Å². The Balaban J connectivity index is 1.39. The first kappa shape index (κ1) is 23.8. The Hall–Kier alpha value is -3.91. The van der Waals surface area contributed by atoms with Gasteiger partial charge in [0.25, 0.3) is 0 Å². The van der Waals surface area contributed by atoms with Crippen molar-refractivity contribution in [2.24, 2.45) is 0 Å². The average Bonchev–Trinajstić information content (AvgIpc) is 3.31. The molecule has 2 amide bonds. The summed E-state index contributed by atoms with van der Waals surface area (Å²) in [6, 6.07) is 15.3. The first-order valence-corrected chi connectivity index (χ1v) is 12.5. The Morgan fingerprint density at radius 1 is 1.06 bits per heavy atom. The van der Waals surface area contributed by atoms with Gasteiger partial charge < -0.3 is 19.9 Å². The van der Waals surface area contributed by atoms with Gasteiger partial charge in [-0.3, -0.25) is 4.90 Å². The first-order valence-electron chi connectivity index (χ1n) is 12.5. The lowest BCUT2D eigenvalue weighted by atomic mass is 10.1. The minimum atomic E-state index is -0.157. The normalized spacial score (nSPS) is 14.1. The number of carbonyl (C=O) groups is 1. The van der Waals surface area contributed by atoms with Crippen LogP contribution in [-0.2, 0) is 0 Å². The molecule has 2 aromatic heterocycles. The number of nitrogens with zero attached hydrogens (tertiary/aromatic N) is 4. The highest BCUT2D eigenvalue weighted by Crippen LogP contribution is 2.29. The number of H-pyrrole nitrogens is 1. The van der Waals surface area contributed by atoms with Gasteiger partial charge in [0.05, 0.1) is 12.8 Å². The van der Waals surface area contributed by atoms with E-state index in [2.05, 4.69) is 25.2 Å². The molecule has 2 aromatic carbocycles. The van der Waals surface area contributed by atoms with Gasteiger partial charge >= 0.3 is 6.03 Å². The van der Waals surface area contributed by atoms with Crippen molar-refractivity contribution >= 4 is 28.4 Å². The quantitative estimate of drug-likeness (QED) is 0.363. The number of rotatable bonds is 7. The molecule has 3 heterocycles. The van der Waals surface area contributed by atoms with Crippen molar-refractivity contribution in [3.05, 3.63) is 66.6 Å². The standard InChI is InChI=1S/C28H32N6O2/c1-20-18-29-27-25(20)26(30-19-31-27)21-6-10-23(11-7-21)34(17-16-33-14-4-3-5-15-33)28(35)32-22-8-12-24(36-2)13-9-22/h6-13,18-19H,3-5,14-17H2,1-2H3,(H,32,35)(H,29,30,31). The summed E-state index contributed by atoms with van der Waals surface area (Å²) < 4.78 is 5.23. The summed E-state index contributed by atoms with van der Waals surface area (Å²) in [7, 11) is 1.63. The van der Waals surface area contributed by atoms with Gasteiger partial charge in [-0.05, 0) is 74.8 Å². The summed E-state index contributed by atoms with van der Waals surface area (Å²) in [4.78, 5) is 29.8. The SMILES string of the molecule is COc1ccc(NC(=O)N(CCN2CCCCC2)c2ccc(-c3ncnc4[nH]cc(C)c34)cc2)cc1. The number of nitrogens with one attached hydrogen (secondary N) is 2. The van der Waals surface area contributed by atoms with Gasteiger partial charge in [0.1, 0.15) is 17.7 Å². The number of methoxy groups -OCH3 is 1. The molecule has 36 heavy (non-hydrogen) atoms. The molecule has 186 valence electrons. The molecule has 1 fully saturated rings. The highest BCUT2D eigenvalue weighted by Gasteiger charge is 2.19. The van der Waals surface area contributed by atoms with Crippen molar-refractivity contribution in [2.45, 2.75) is 26.2 Å². The number of carbonyl (C=O) groups excluding carboxylic acids is 1. The predicted molar refractivity (Wildman–Crippen MR) is 144 cm³/mol. The molecule has 8 nitrogen and oxygen atoms in total. The van der Waals surface area contributed by atoms with Gasteiger partial charge in [-0.25, -0.2) is 14.8 Å². The van der Waals surface area contributed by atoms with Crippen LogP contribution < -0.4 is 15.0 Å². The largest absolute Gasteiger partial charge is 0.497 e. The van der Waals surface area contributed by atoms with E-state index < -0.39 is 0 Å². The third-order valence-corrected chi connectivity index (χ3v) is 6.79. The molecule has 1 aliphatic rings. The van der Waals surface area contributed by atoms with Gasteiger partial charge in [-0.15, -0.1) is 0 Å². The van der Waals surface area contributed by atoms with E-state index in [0.29, 0.717) is 6.54 Å². The van der Waals surface area contributed by atoms with E-state index in [0.717, 1.165) is 64.6 Å². The molecule has 1 saturated heterocycles. The number of hydrogen-bond donors (Lipinski definition) is 2. The minimum Gasteiger partial charge on any atom is -0.497 e. The summed E-state index contributed by atoms with van der Waals surface area (Å²) in [5, 5.41) is 4.06. The van der Waals surface area contributed by atoms with Crippen LogP contribution in [0.25, 0.3) is 22.3 Å². The van der Waals surface area contributed by atoms with Crippen LogP contribution in [0, 0.1) is 6.92 Å². The maximum absolute atomic E-state index is 13.4. The fourth-order valence-corrected chi connectivity index (χ4v) is 4.77. The highest BCUT2D eigenvalue weighted by atomic mass is 16.5. The third kappa shape index (κ3) is 5.18. The number of ether oxygens (including phenoxy) is 1. The molecule has 1 aliphatic heterocycles. The molecular weight excluding hydrogens is 452 g/mol. The van der Waals surface area contributed by atoms with E-state index in [1.807, 2.05) is 66.6 Å². The van der Waals surface area contributed by atoms with Gasteiger partial charge in [-0.1, -0.05) is 18.6 Å². The van der Waals surface area contributed by atoms with Crippen molar-refractivity contribution in [1.29, 1.82) is 0 Å². The summed E-state index contributed by atoms with van der Waals surface area (Å²) in [6.45, 7) is 5.67. The Morgan fingerprint density at radius 2 is 1.81 bits per heavy atom. The molecule has 0 unspecified atom stereocenters. The number of aromatic nitrogens is 3. The van der Waals surface area contributed by atoms with Crippen LogP contribution in [0.5, 0.6) is 5.75 Å². The van der Waals surface area contributed by atoms with Crippen LogP contribution in [0.3, 0.4) is 0 Å². The molecule has 5 rings (SSSR count). The number of piperidine rings is 1. The van der Waals surface area contributed by atoms with Crippen molar-refractivity contribution < 1.29 is 9.53 Å². The van der Waals surface area contributed by atoms with E-state index in [4.69, 9.17) is 4.74 Å². The number of likely N-dealkylation sites (tertiary alicyclic amines) is 1. The monoisotopic (exact) mass is 484 g/mol. The van der Waals surface area contributed by atoms with Crippen LogP contribution >= 0.6 is 0 Å². The number of fused-ring (bicyclic) bond motifs is 1. The Morgan fingerprint density at radius 3 is 2.53 bits per heavy atom. The lowest BCUT2D eigenvalue weighted by Crippen LogP contribution is -2.42. The van der Waals surface area contributed by atoms with Gasteiger partial charge in [0.15, 0.2) is 0 Å². The summed E-state index contributed by atoms with van der Waals surface area (Å²) in [5.74, 6) is 0.752. The summed E-state index contributed by atoms with van der Waals surface area (Å²) >= 11 is 0. The molecule has 8 heteroatoms. The van der Waals surface area contributed by atoms with Crippen molar-refractivity contribution in [3.8, 4) is 17.0 Å². The maximum atomic E-state index is 13.4. The Kier molecular flexibility index (Phi) is 7.13. The number of anilines is 2. The molecule has 0 spiro atoms. The average molecular weight is 485 g/mol. The van der Waals surface area contributed by atoms with Crippen molar-refractivity contribution in [1.82, 2.24) is 19.9 Å². The van der Waals surface area contributed by atoms with Crippen LogP contribution in [0.1, 0.15) is 24.8 Å². The first-order chi connectivity index (χ1) is 17.6. The molecule has 2 N–H and O–H groups in total. The fraction of sp³-hybridized carbons (Fsp3) is 0.321. The zero-order valence-corrected chi connectivity index (χ0v) is 20.8. The molecule has 4 aromatic rings. The van der Waals surface area contributed by atoms with Crippen LogP contribution in [0.2, 0.25) is 0 Å². The Bertz CT molecular complexity index is 1310. The molecular formula is C28H32N6O2. The second kappa shape index (κ2) is 10.8. The van der Waals surface area contributed by atoms with Crippen LogP contribution in [0.15, 0.2) is 61.1 Å². The molecule has 0 atom stereocenters. The van der Waals surface area contributed by atoms with Crippen molar-refractivity contribution in [3.63, 3.8) is 0 Å². The maximum Gasteiger partial charge on any atom is 0.326 e. The number of benzene rings is 2. The number of aromatic amines is 1. The number of hydrogen-bond acceptors (Lipinski definition) is 5. The van der Waals surface area contributed by atoms with Gasteiger partial charge in [0, 0.05) is 41.6 Å². The second-order valence-electron chi connectivity index (χ2n) is 9.18. The zero-order chi connectivity index (χ0) is 24.9. The molecule has 0 radical (unpaired) electrons. The predicted octanol–water partition coefficient (Wildman–Crippen LogP) is 5.47. The second-order valence-corrected chi connectivity index (χ2v) is 9.18. The van der Waals surface area contributed by atoms with E-state index in [1.54, 1.807) is 13.4 Å². The highest BCUT2D eigenvalue weighted by molar-refractivity contribution is 6.02. The number of aryl methyl sites for hydroxylation is 1. The smallest absolute Gasteiger partial charge is 0.326 e. The molecule has 0 bridgehead atoms. The van der Waals surface area contributed by atoms with Crippen LogP contribution in [-0.4, -0.2) is 59.2 Å². The van der Waals surface area contributed by atoms with Gasteiger partial charge in [0.2, 0.25) is 0 Å². The Labute approximate surface area is 211 Å². The van der Waals surface area contributed by atoms with E-state index in [-0.39, 0.29) is 6.03 Å². The van der Waals surface area contributed by atoms with E-state index in [1.165, 1.54) is 19.3 Å². The topological polar surface area (TPSA) is 86.4 Å². The summed E-state index contributed by atoms with van der Waals surface area (Å²) in [6.07, 6.45) is 7.26. The lowest BCUT2D eigenvalue weighted by Gasteiger charge is -2.30. The number of urea groups is 1. The van der Waals surface area contributed by atoms with E-state index in [9.17, 15) is 4.79 Å². The molecule has 0 saturated carbocycles. The zero-order valence-electron chi connectivity index (χ0n) is 20.8. The van der Waals surface area contributed by atoms with E-state index >= 15 is 0 Å². The third-order valence-electron chi connectivity index (χ3n) is 6.79. The fourth-order valence-electron chi connectivity index (χ4n) is 4.77. The lowest BCUT2D eigenvalue weighted by molar-refractivity contribution is 0.230. The van der Waals surface area contributed by atoms with Gasteiger partial charge in [-0.2, -0.15) is 0 Å².